The number of hydrogen-bond donors (Lipinski definition) is 0. The molecule has 0 saturated heterocycles. The van der Waals surface area contributed by atoms with Crippen molar-refractivity contribution in [3.8, 4) is 0 Å². The summed E-state index contributed by atoms with van der Waals surface area (Å²) in [5.74, 6) is 1.43. The van der Waals surface area contributed by atoms with Crippen LogP contribution in [0.1, 0.15) is 27.4 Å². The van der Waals surface area contributed by atoms with Gasteiger partial charge in [-0.15, -0.1) is 0 Å². The summed E-state index contributed by atoms with van der Waals surface area (Å²) < 4.78 is 6.45. The third-order valence-corrected chi connectivity index (χ3v) is 4.09. The van der Waals surface area contributed by atoms with Crippen molar-refractivity contribution < 1.29 is 9.21 Å². The summed E-state index contributed by atoms with van der Waals surface area (Å²) >= 11 is 3.53. The van der Waals surface area contributed by atoms with Crippen LogP contribution in [0.15, 0.2) is 51.4 Å². The highest BCUT2D eigenvalue weighted by molar-refractivity contribution is 9.10. The molecular formula is C17H13BrO2. The molecule has 0 bridgehead atoms. The zero-order valence-corrected chi connectivity index (χ0v) is 12.8. The summed E-state index contributed by atoms with van der Waals surface area (Å²) in [6.07, 6.45) is 0. The van der Waals surface area contributed by atoms with Gasteiger partial charge in [0.25, 0.3) is 0 Å². The highest BCUT2D eigenvalue weighted by atomic mass is 79.9. The molecule has 0 aliphatic heterocycles. The molecule has 2 aromatic carbocycles. The molecule has 3 heteroatoms. The lowest BCUT2D eigenvalue weighted by Crippen LogP contribution is -2.02. The fourth-order valence-electron chi connectivity index (χ4n) is 2.46. The second-order valence-electron chi connectivity index (χ2n) is 4.80. The van der Waals surface area contributed by atoms with Crippen LogP contribution in [0.2, 0.25) is 0 Å². The monoisotopic (exact) mass is 328 g/mol. The van der Waals surface area contributed by atoms with Gasteiger partial charge in [-0.25, -0.2) is 0 Å². The highest BCUT2D eigenvalue weighted by Crippen LogP contribution is 2.29. The number of furan rings is 1. The van der Waals surface area contributed by atoms with E-state index < -0.39 is 0 Å². The average Bonchev–Trinajstić information content (AvgIpc) is 2.78. The molecule has 0 amide bonds. The number of carbonyl (C=O) groups excluding carboxylic acids is 1. The van der Waals surface area contributed by atoms with Gasteiger partial charge in [0.2, 0.25) is 0 Å². The Bertz CT molecular complexity index is 815. The first-order chi connectivity index (χ1) is 9.58. The third kappa shape index (κ3) is 2.08. The maximum absolute atomic E-state index is 12.7. The quantitative estimate of drug-likeness (QED) is 0.616. The van der Waals surface area contributed by atoms with Crippen LogP contribution in [0, 0.1) is 13.8 Å². The molecule has 0 aliphatic carbocycles. The first-order valence-corrected chi connectivity index (χ1v) is 7.16. The minimum atomic E-state index is 0.00282. The lowest BCUT2D eigenvalue weighted by atomic mass is 9.97. The normalized spacial score (nSPS) is 10.9. The van der Waals surface area contributed by atoms with E-state index in [1.807, 2.05) is 50.2 Å². The van der Waals surface area contributed by atoms with Gasteiger partial charge in [-0.05, 0) is 42.8 Å². The van der Waals surface area contributed by atoms with Crippen LogP contribution in [-0.4, -0.2) is 5.78 Å². The summed E-state index contributed by atoms with van der Waals surface area (Å²) in [7, 11) is 0. The van der Waals surface area contributed by atoms with Gasteiger partial charge in [-0.3, -0.25) is 4.79 Å². The molecule has 0 spiro atoms. The molecule has 0 unspecified atom stereocenters. The molecule has 3 aromatic rings. The van der Waals surface area contributed by atoms with Gasteiger partial charge in [0, 0.05) is 10.0 Å². The van der Waals surface area contributed by atoms with E-state index in [1.165, 1.54) is 0 Å². The van der Waals surface area contributed by atoms with E-state index in [0.717, 1.165) is 21.0 Å². The van der Waals surface area contributed by atoms with Gasteiger partial charge in [-0.2, -0.15) is 0 Å². The molecule has 100 valence electrons. The first kappa shape index (κ1) is 13.1. The van der Waals surface area contributed by atoms with Crippen molar-refractivity contribution in [3.05, 3.63) is 69.6 Å². The van der Waals surface area contributed by atoms with E-state index >= 15 is 0 Å². The van der Waals surface area contributed by atoms with Crippen molar-refractivity contribution in [2.75, 3.05) is 0 Å². The lowest BCUT2D eigenvalue weighted by Gasteiger charge is -2.07. The van der Waals surface area contributed by atoms with Crippen LogP contribution < -0.4 is 0 Å². The minimum absolute atomic E-state index is 0.00282. The van der Waals surface area contributed by atoms with E-state index in [0.29, 0.717) is 16.9 Å². The van der Waals surface area contributed by atoms with Crippen molar-refractivity contribution >= 4 is 32.5 Å². The predicted molar refractivity (Wildman–Crippen MR) is 83.3 cm³/mol. The second kappa shape index (κ2) is 4.91. The molecule has 20 heavy (non-hydrogen) atoms. The number of fused-ring (bicyclic) bond motifs is 1. The second-order valence-corrected chi connectivity index (χ2v) is 5.65. The van der Waals surface area contributed by atoms with E-state index in [1.54, 1.807) is 6.07 Å². The Morgan fingerprint density at radius 1 is 1.00 bits per heavy atom. The van der Waals surface area contributed by atoms with Crippen molar-refractivity contribution in [2.24, 2.45) is 0 Å². The maximum Gasteiger partial charge on any atom is 0.197 e. The zero-order chi connectivity index (χ0) is 14.3. The smallest absolute Gasteiger partial charge is 0.197 e. The van der Waals surface area contributed by atoms with E-state index in [9.17, 15) is 4.79 Å². The molecular weight excluding hydrogens is 316 g/mol. The van der Waals surface area contributed by atoms with Gasteiger partial charge in [0.05, 0.1) is 5.56 Å². The minimum Gasteiger partial charge on any atom is -0.466 e. The third-order valence-electron chi connectivity index (χ3n) is 3.40. The number of benzene rings is 2. The first-order valence-electron chi connectivity index (χ1n) is 6.37. The summed E-state index contributed by atoms with van der Waals surface area (Å²) in [4.78, 5) is 12.7. The molecule has 0 N–H and O–H groups in total. The highest BCUT2D eigenvalue weighted by Gasteiger charge is 2.18. The molecule has 3 rings (SSSR count). The molecule has 0 radical (unpaired) electrons. The van der Waals surface area contributed by atoms with Crippen molar-refractivity contribution in [3.63, 3.8) is 0 Å². The Balaban J connectivity index is 2.23. The van der Waals surface area contributed by atoms with Crippen molar-refractivity contribution in [2.45, 2.75) is 13.8 Å². The van der Waals surface area contributed by atoms with Gasteiger partial charge >= 0.3 is 0 Å². The van der Waals surface area contributed by atoms with Gasteiger partial charge < -0.3 is 4.42 Å². The van der Waals surface area contributed by atoms with Gasteiger partial charge in [0.15, 0.2) is 5.78 Å². The number of ketones is 1. The standard InChI is InChI=1S/C17H13BrO2/c1-10-9-15(11(2)20-10)17(19)14-7-8-16(18)13-6-4-3-5-12(13)14/h3-9H,1-2H3. The molecule has 0 fully saturated rings. The Kier molecular flexibility index (Phi) is 3.22. The molecule has 0 saturated carbocycles. The van der Waals surface area contributed by atoms with Gasteiger partial charge in [0.1, 0.15) is 11.5 Å². The SMILES string of the molecule is Cc1cc(C(=O)c2ccc(Br)c3ccccc23)c(C)o1. The Labute approximate surface area is 125 Å². The van der Waals surface area contributed by atoms with Crippen LogP contribution >= 0.6 is 15.9 Å². The zero-order valence-electron chi connectivity index (χ0n) is 11.2. The Hall–Kier alpha value is -1.87. The van der Waals surface area contributed by atoms with Crippen LogP contribution in [0.25, 0.3) is 10.8 Å². The van der Waals surface area contributed by atoms with E-state index in [4.69, 9.17) is 4.42 Å². The fraction of sp³-hybridized carbons (Fsp3) is 0.118. The number of rotatable bonds is 2. The molecule has 0 aliphatic rings. The number of halogens is 1. The predicted octanol–water partition coefficient (Wildman–Crippen LogP) is 5.04. The Morgan fingerprint density at radius 2 is 1.70 bits per heavy atom. The summed E-state index contributed by atoms with van der Waals surface area (Å²) in [5, 5.41) is 1.99. The Morgan fingerprint density at radius 3 is 2.35 bits per heavy atom. The van der Waals surface area contributed by atoms with Gasteiger partial charge in [-0.1, -0.05) is 40.2 Å². The fourth-order valence-corrected chi connectivity index (χ4v) is 2.94. The number of carbonyl (C=O) groups is 1. The average molecular weight is 329 g/mol. The number of aryl methyl sites for hydroxylation is 2. The van der Waals surface area contributed by atoms with Crippen LogP contribution in [0.4, 0.5) is 0 Å². The number of hydrogen-bond acceptors (Lipinski definition) is 2. The largest absolute Gasteiger partial charge is 0.466 e. The van der Waals surface area contributed by atoms with E-state index in [2.05, 4.69) is 15.9 Å². The van der Waals surface area contributed by atoms with Crippen LogP contribution in [-0.2, 0) is 0 Å². The van der Waals surface area contributed by atoms with E-state index in [-0.39, 0.29) is 5.78 Å². The molecule has 1 aromatic heterocycles. The summed E-state index contributed by atoms with van der Waals surface area (Å²) in [6.45, 7) is 3.67. The van der Waals surface area contributed by atoms with Crippen molar-refractivity contribution in [1.82, 2.24) is 0 Å². The topological polar surface area (TPSA) is 30.2 Å². The van der Waals surface area contributed by atoms with Crippen LogP contribution in [0.5, 0.6) is 0 Å². The lowest BCUT2D eigenvalue weighted by molar-refractivity contribution is 0.103. The van der Waals surface area contributed by atoms with Crippen molar-refractivity contribution in [1.29, 1.82) is 0 Å². The maximum atomic E-state index is 12.7. The molecule has 1 heterocycles. The molecule has 2 nitrogen and oxygen atoms in total. The van der Waals surface area contributed by atoms with Crippen LogP contribution in [0.3, 0.4) is 0 Å². The molecule has 0 atom stereocenters. The summed E-state index contributed by atoms with van der Waals surface area (Å²) in [6, 6.07) is 13.5. The summed E-state index contributed by atoms with van der Waals surface area (Å²) in [5.41, 5.74) is 1.34.